The van der Waals surface area contributed by atoms with Crippen LogP contribution >= 0.6 is 34.7 Å². The fraction of sp³-hybridized carbons (Fsp3) is 0.182. The van der Waals surface area contributed by atoms with E-state index in [9.17, 15) is 4.79 Å². The van der Waals surface area contributed by atoms with Gasteiger partial charge in [-0.25, -0.2) is 4.98 Å². The van der Waals surface area contributed by atoms with Gasteiger partial charge in [0.05, 0.1) is 11.4 Å². The maximum absolute atomic E-state index is 12.1. The number of nitrogens with zero attached hydrogens (tertiary/aromatic N) is 3. The lowest BCUT2D eigenvalue weighted by molar-refractivity contribution is -0.116. The Morgan fingerprint density at radius 2 is 2.03 bits per heavy atom. The van der Waals surface area contributed by atoms with Crippen LogP contribution in [-0.4, -0.2) is 21.0 Å². The molecule has 0 bridgehead atoms. The molecule has 0 fully saturated rings. The molecule has 0 aliphatic heterocycles. The minimum Gasteiger partial charge on any atom is -0.339 e. The molecule has 2 heterocycles. The van der Waals surface area contributed by atoms with Crippen LogP contribution in [0.25, 0.3) is 11.3 Å². The maximum atomic E-state index is 12.1. The van der Waals surface area contributed by atoms with Crippen molar-refractivity contribution in [3.8, 4) is 11.3 Å². The minimum atomic E-state index is -0.0886. The van der Waals surface area contributed by atoms with Gasteiger partial charge in [-0.15, -0.1) is 11.3 Å². The van der Waals surface area contributed by atoms with E-state index in [0.29, 0.717) is 28.9 Å². The highest BCUT2D eigenvalue weighted by Gasteiger charge is 2.12. The molecule has 158 valence electrons. The summed E-state index contributed by atoms with van der Waals surface area (Å²) in [5.74, 6) is 1.49. The van der Waals surface area contributed by atoms with E-state index in [-0.39, 0.29) is 12.3 Å². The first-order valence-corrected chi connectivity index (χ1v) is 11.8. The highest BCUT2D eigenvalue weighted by Crippen LogP contribution is 2.30. The summed E-state index contributed by atoms with van der Waals surface area (Å²) >= 11 is 9.16. The molecule has 31 heavy (non-hydrogen) atoms. The summed E-state index contributed by atoms with van der Waals surface area (Å²) in [6.45, 7) is 2.00. The fourth-order valence-electron chi connectivity index (χ4n) is 2.76. The summed E-state index contributed by atoms with van der Waals surface area (Å²) in [7, 11) is 0. The van der Waals surface area contributed by atoms with Crippen LogP contribution in [0, 0.1) is 6.92 Å². The number of anilines is 1. The number of nitrogens with one attached hydrogen (secondary N) is 1. The Labute approximate surface area is 193 Å². The van der Waals surface area contributed by atoms with Crippen LogP contribution in [0.5, 0.6) is 0 Å². The molecule has 0 aliphatic carbocycles. The molecule has 6 nitrogen and oxygen atoms in total. The van der Waals surface area contributed by atoms with Gasteiger partial charge in [0.25, 0.3) is 0 Å². The summed E-state index contributed by atoms with van der Waals surface area (Å²) in [6.07, 6.45) is 0.670. The average Bonchev–Trinajstić information content (AvgIpc) is 3.42. The molecule has 0 saturated heterocycles. The molecule has 0 aliphatic rings. The molecule has 0 saturated carbocycles. The lowest BCUT2D eigenvalue weighted by Gasteiger charge is -2.04. The number of thioether (sulfide) groups is 1. The van der Waals surface area contributed by atoms with Gasteiger partial charge >= 0.3 is 0 Å². The highest BCUT2D eigenvalue weighted by molar-refractivity contribution is 8.00. The number of rotatable bonds is 8. The van der Waals surface area contributed by atoms with Gasteiger partial charge in [-0.05, 0) is 31.2 Å². The smallest absolute Gasteiger partial charge is 0.227 e. The summed E-state index contributed by atoms with van der Waals surface area (Å²) in [5.41, 5.74) is 3.80. The van der Waals surface area contributed by atoms with Gasteiger partial charge < -0.3 is 9.84 Å². The normalized spacial score (nSPS) is 10.9. The SMILES string of the molecule is Cc1ccc(NC(=O)CCc2nc(CSc3nc(-c4cccc(Cl)c4)cs3)no2)cc1. The van der Waals surface area contributed by atoms with Crippen LogP contribution in [0.4, 0.5) is 5.69 Å². The number of aryl methyl sites for hydroxylation is 2. The number of thiazole rings is 1. The zero-order valence-corrected chi connectivity index (χ0v) is 19.1. The van der Waals surface area contributed by atoms with E-state index in [1.807, 2.05) is 60.8 Å². The summed E-state index contributed by atoms with van der Waals surface area (Å²) in [5, 5.41) is 9.55. The third-order valence-electron chi connectivity index (χ3n) is 4.34. The van der Waals surface area contributed by atoms with Crippen molar-refractivity contribution in [3.63, 3.8) is 0 Å². The summed E-state index contributed by atoms with van der Waals surface area (Å²) in [6, 6.07) is 15.3. The molecule has 4 aromatic rings. The van der Waals surface area contributed by atoms with Crippen molar-refractivity contribution in [1.82, 2.24) is 15.1 Å². The van der Waals surface area contributed by atoms with Gasteiger partial charge in [-0.3, -0.25) is 4.79 Å². The van der Waals surface area contributed by atoms with Gasteiger partial charge in [0.15, 0.2) is 10.2 Å². The quantitative estimate of drug-likeness (QED) is 0.317. The molecular weight excluding hydrogens is 452 g/mol. The lowest BCUT2D eigenvalue weighted by atomic mass is 10.2. The number of hydrogen-bond acceptors (Lipinski definition) is 7. The average molecular weight is 471 g/mol. The van der Waals surface area contributed by atoms with E-state index in [1.54, 1.807) is 23.1 Å². The van der Waals surface area contributed by atoms with E-state index < -0.39 is 0 Å². The van der Waals surface area contributed by atoms with Crippen molar-refractivity contribution in [2.24, 2.45) is 0 Å². The van der Waals surface area contributed by atoms with Crippen molar-refractivity contribution in [2.75, 3.05) is 5.32 Å². The van der Waals surface area contributed by atoms with Crippen LogP contribution in [-0.2, 0) is 17.0 Å². The third kappa shape index (κ3) is 6.16. The van der Waals surface area contributed by atoms with Crippen molar-refractivity contribution >= 4 is 46.3 Å². The number of aromatic nitrogens is 3. The van der Waals surface area contributed by atoms with Crippen molar-refractivity contribution in [1.29, 1.82) is 0 Å². The zero-order chi connectivity index (χ0) is 21.6. The molecule has 9 heteroatoms. The van der Waals surface area contributed by atoms with Crippen molar-refractivity contribution in [2.45, 2.75) is 29.9 Å². The predicted molar refractivity (Wildman–Crippen MR) is 125 cm³/mol. The highest BCUT2D eigenvalue weighted by atomic mass is 35.5. The largest absolute Gasteiger partial charge is 0.339 e. The van der Waals surface area contributed by atoms with E-state index in [2.05, 4.69) is 20.4 Å². The summed E-state index contributed by atoms with van der Waals surface area (Å²) < 4.78 is 6.19. The Bertz CT molecular complexity index is 1170. The van der Waals surface area contributed by atoms with Crippen molar-refractivity contribution < 1.29 is 9.32 Å². The van der Waals surface area contributed by atoms with Crippen molar-refractivity contribution in [3.05, 3.63) is 76.2 Å². The van der Waals surface area contributed by atoms with Crippen LogP contribution in [0.3, 0.4) is 0 Å². The van der Waals surface area contributed by atoms with Crippen LogP contribution in [0.15, 0.2) is 62.8 Å². The van der Waals surface area contributed by atoms with Gasteiger partial charge in [0, 0.05) is 34.5 Å². The fourth-order valence-corrected chi connectivity index (χ4v) is 4.63. The molecule has 2 aromatic heterocycles. The minimum absolute atomic E-state index is 0.0886. The number of carbonyl (C=O) groups excluding carboxylic acids is 1. The first kappa shape index (κ1) is 21.5. The first-order chi connectivity index (χ1) is 15.0. The Kier molecular flexibility index (Phi) is 7.01. The molecule has 0 spiro atoms. The number of carbonyl (C=O) groups is 1. The van der Waals surface area contributed by atoms with E-state index in [1.165, 1.54) is 0 Å². The topological polar surface area (TPSA) is 80.9 Å². The first-order valence-electron chi connectivity index (χ1n) is 9.57. The number of amides is 1. The number of halogens is 1. The Morgan fingerprint density at radius 1 is 1.19 bits per heavy atom. The molecule has 1 N–H and O–H groups in total. The lowest BCUT2D eigenvalue weighted by Crippen LogP contribution is -2.12. The van der Waals surface area contributed by atoms with E-state index in [0.717, 1.165) is 26.8 Å². The molecule has 0 unspecified atom stereocenters. The second kappa shape index (κ2) is 10.1. The van der Waals surface area contributed by atoms with Gasteiger partial charge in [0.2, 0.25) is 11.8 Å². The summed E-state index contributed by atoms with van der Waals surface area (Å²) in [4.78, 5) is 21.1. The van der Waals surface area contributed by atoms with Gasteiger partial charge in [-0.1, -0.05) is 58.3 Å². The number of hydrogen-bond donors (Lipinski definition) is 1. The van der Waals surface area contributed by atoms with Crippen LogP contribution < -0.4 is 5.32 Å². The van der Waals surface area contributed by atoms with Gasteiger partial charge in [-0.2, -0.15) is 4.98 Å². The molecule has 2 aromatic carbocycles. The zero-order valence-electron chi connectivity index (χ0n) is 16.7. The Balaban J connectivity index is 1.26. The Morgan fingerprint density at radius 3 is 2.84 bits per heavy atom. The molecular formula is C22H19ClN4O2S2. The predicted octanol–water partition coefficient (Wildman–Crippen LogP) is 6.02. The van der Waals surface area contributed by atoms with Crippen LogP contribution in [0.1, 0.15) is 23.7 Å². The van der Waals surface area contributed by atoms with Crippen LogP contribution in [0.2, 0.25) is 5.02 Å². The van der Waals surface area contributed by atoms with E-state index in [4.69, 9.17) is 16.1 Å². The molecule has 0 radical (unpaired) electrons. The molecule has 1 amide bonds. The molecule has 4 rings (SSSR count). The van der Waals surface area contributed by atoms with E-state index >= 15 is 0 Å². The Hall–Kier alpha value is -2.68. The third-order valence-corrected chi connectivity index (χ3v) is 6.59. The second-order valence-corrected chi connectivity index (χ2v) is 9.33. The monoisotopic (exact) mass is 470 g/mol. The van der Waals surface area contributed by atoms with Gasteiger partial charge in [0.1, 0.15) is 0 Å². The maximum Gasteiger partial charge on any atom is 0.227 e. The second-order valence-electron chi connectivity index (χ2n) is 6.82. The number of benzene rings is 2. The molecule has 0 atom stereocenters. The standard InChI is InChI=1S/C22H19ClN4O2S2/c1-14-5-7-17(8-6-14)24-20(28)9-10-21-26-19(27-29-21)13-31-22-25-18(12-30-22)15-3-2-4-16(23)11-15/h2-8,11-12H,9-10,13H2,1H3,(H,24,28).